The second-order valence-corrected chi connectivity index (χ2v) is 15.1. The van der Waals surface area contributed by atoms with E-state index in [2.05, 4.69) is 64.3 Å². The summed E-state index contributed by atoms with van der Waals surface area (Å²) < 4.78 is 6.95. The number of thiazole rings is 1. The Balaban J connectivity index is 0.952. The minimum Gasteiger partial charge on any atom is -0.506 e. The van der Waals surface area contributed by atoms with Crippen LogP contribution in [0, 0.1) is 5.92 Å². The van der Waals surface area contributed by atoms with E-state index < -0.39 is 6.10 Å². The number of amides is 1. The number of hydrogen-bond donors (Lipinski definition) is 4. The highest BCUT2D eigenvalue weighted by Gasteiger charge is 2.42. The highest BCUT2D eigenvalue weighted by atomic mass is 32.2. The Morgan fingerprint density at radius 1 is 1.18 bits per heavy atom. The zero-order valence-electron chi connectivity index (χ0n) is 26.1. The third-order valence-electron chi connectivity index (χ3n) is 9.26. The van der Waals surface area contributed by atoms with E-state index in [4.69, 9.17) is 4.74 Å². The van der Waals surface area contributed by atoms with Gasteiger partial charge in [0.15, 0.2) is 0 Å². The number of carbonyl (C=O) groups excluding carboxylic acids is 1. The number of likely N-dealkylation sites (tertiary alicyclic amines) is 1. The number of piperidine rings is 1. The van der Waals surface area contributed by atoms with Gasteiger partial charge < -0.3 is 30.2 Å². The van der Waals surface area contributed by atoms with Crippen LogP contribution in [0.5, 0.6) is 5.75 Å². The van der Waals surface area contributed by atoms with Crippen molar-refractivity contribution in [2.24, 2.45) is 5.92 Å². The fourth-order valence-corrected chi connectivity index (χ4v) is 8.84. The van der Waals surface area contributed by atoms with Gasteiger partial charge >= 0.3 is 4.87 Å². The summed E-state index contributed by atoms with van der Waals surface area (Å²) in [6, 6.07) is 11.9. The maximum absolute atomic E-state index is 13.4. The lowest BCUT2D eigenvalue weighted by Gasteiger charge is -2.47. The molecule has 0 bridgehead atoms. The summed E-state index contributed by atoms with van der Waals surface area (Å²) in [6.45, 7) is 10.2. The fourth-order valence-electron chi connectivity index (χ4n) is 6.69. The van der Waals surface area contributed by atoms with Gasteiger partial charge in [-0.2, -0.15) is 0 Å². The van der Waals surface area contributed by atoms with Gasteiger partial charge in [-0.3, -0.25) is 14.5 Å². The molecule has 242 valence electrons. The number of fused-ring (bicyclic) bond motifs is 1. The Bertz CT molecular complexity index is 1590. The molecule has 0 aliphatic carbocycles. The van der Waals surface area contributed by atoms with E-state index in [1.54, 1.807) is 17.8 Å². The topological polar surface area (TPSA) is 118 Å². The molecule has 1 spiro atoms. The monoisotopic (exact) mass is 652 g/mol. The van der Waals surface area contributed by atoms with Gasteiger partial charge in [0, 0.05) is 44.8 Å². The van der Waals surface area contributed by atoms with Crippen molar-refractivity contribution < 1.29 is 19.7 Å². The number of phenolic OH excluding ortho intramolecular Hbond substituents is 1. The minimum atomic E-state index is -0.789. The maximum atomic E-state index is 13.4. The van der Waals surface area contributed by atoms with Crippen LogP contribution < -0.4 is 10.2 Å². The smallest absolute Gasteiger partial charge is 0.305 e. The van der Waals surface area contributed by atoms with E-state index in [-0.39, 0.29) is 27.4 Å². The van der Waals surface area contributed by atoms with Gasteiger partial charge in [0.05, 0.1) is 28.3 Å². The highest BCUT2D eigenvalue weighted by molar-refractivity contribution is 8.04. The van der Waals surface area contributed by atoms with Crippen LogP contribution in [0.25, 0.3) is 10.2 Å². The molecule has 0 radical (unpaired) electrons. The zero-order chi connectivity index (χ0) is 31.6. The molecule has 3 aromatic rings. The number of aliphatic hydroxyl groups excluding tert-OH is 1. The number of aromatic hydroxyl groups is 1. The SMILES string of the molecule is CC(C)C1=CCC(C(=O)N2CCOC3(CCN(Cc4cccc(CCNC[C@H](O)c5ccc(O)c6[nH]c(=O)sc56)c4)CC3)C2)S1. The van der Waals surface area contributed by atoms with Gasteiger partial charge in [-0.25, -0.2) is 0 Å². The van der Waals surface area contributed by atoms with Crippen molar-refractivity contribution in [3.63, 3.8) is 0 Å². The van der Waals surface area contributed by atoms with Crippen molar-refractivity contribution >= 4 is 39.2 Å². The van der Waals surface area contributed by atoms with Crippen molar-refractivity contribution in [2.75, 3.05) is 45.9 Å². The first-order valence-corrected chi connectivity index (χ1v) is 17.7. The van der Waals surface area contributed by atoms with Crippen LogP contribution >= 0.6 is 23.1 Å². The number of aliphatic hydroxyl groups is 1. The summed E-state index contributed by atoms with van der Waals surface area (Å²) >= 11 is 2.75. The van der Waals surface area contributed by atoms with Crippen molar-refractivity contribution in [3.8, 4) is 5.75 Å². The van der Waals surface area contributed by atoms with Gasteiger partial charge in [-0.1, -0.05) is 61.6 Å². The average Bonchev–Trinajstić information content (AvgIpc) is 3.69. The predicted molar refractivity (Wildman–Crippen MR) is 181 cm³/mol. The Kier molecular flexibility index (Phi) is 10.0. The van der Waals surface area contributed by atoms with E-state index in [1.165, 1.54) is 22.1 Å². The molecule has 45 heavy (non-hydrogen) atoms. The molecule has 0 saturated carbocycles. The van der Waals surface area contributed by atoms with E-state index in [9.17, 15) is 19.8 Å². The van der Waals surface area contributed by atoms with Crippen LogP contribution in [-0.2, 0) is 22.5 Å². The van der Waals surface area contributed by atoms with Gasteiger partial charge in [-0.15, -0.1) is 11.8 Å². The lowest BCUT2D eigenvalue weighted by molar-refractivity contribution is -0.159. The number of nitrogens with zero attached hydrogens (tertiary/aromatic N) is 2. The number of aromatic nitrogens is 1. The number of rotatable bonds is 10. The number of phenols is 1. The molecular formula is C34H44N4O5S2. The van der Waals surface area contributed by atoms with Crippen LogP contribution in [0.15, 0.2) is 52.2 Å². The lowest BCUT2D eigenvalue weighted by Crippen LogP contribution is -2.58. The third kappa shape index (κ3) is 7.50. The van der Waals surface area contributed by atoms with Crippen LogP contribution in [0.3, 0.4) is 0 Å². The number of H-pyrrole nitrogens is 1. The van der Waals surface area contributed by atoms with Gasteiger partial charge in [0.1, 0.15) is 11.3 Å². The first-order chi connectivity index (χ1) is 21.7. The minimum absolute atomic E-state index is 0.00794. The van der Waals surface area contributed by atoms with Crippen molar-refractivity contribution in [2.45, 2.75) is 63.0 Å². The number of aromatic amines is 1. The molecule has 2 saturated heterocycles. The number of morpholine rings is 1. The Morgan fingerprint density at radius 3 is 2.76 bits per heavy atom. The normalized spacial score (nSPS) is 21.1. The number of thioether (sulfide) groups is 1. The van der Waals surface area contributed by atoms with E-state index in [1.807, 2.05) is 0 Å². The Hall–Kier alpha value is -2.67. The molecule has 2 aromatic carbocycles. The summed E-state index contributed by atoms with van der Waals surface area (Å²) in [6.07, 6.45) is 4.99. The summed E-state index contributed by atoms with van der Waals surface area (Å²) in [5.41, 5.74) is 3.30. The number of benzene rings is 2. The lowest BCUT2D eigenvalue weighted by atomic mass is 9.89. The molecule has 3 aliphatic heterocycles. The standard InChI is InChI=1S/C34H44N4O5S2/c1-22(2)28-8-9-29(44-28)32(41)38-16-17-43-34(21-38)11-14-37(15-12-34)20-24-5-3-4-23(18-24)10-13-35-19-27(40)25-6-7-26(39)30-31(25)45-33(42)36-30/h3-8,18,22,27,29,35,39-40H,9-17,19-21H2,1-2H3,(H,36,42)/t27-,29?/m0/s1. The van der Waals surface area contributed by atoms with Gasteiger partial charge in [0.2, 0.25) is 5.91 Å². The second-order valence-electron chi connectivity index (χ2n) is 12.9. The Morgan fingerprint density at radius 2 is 1.98 bits per heavy atom. The molecule has 2 atom stereocenters. The highest BCUT2D eigenvalue weighted by Crippen LogP contribution is 2.39. The van der Waals surface area contributed by atoms with Crippen LogP contribution in [-0.4, -0.2) is 87.6 Å². The maximum Gasteiger partial charge on any atom is 0.305 e. The number of allylic oxidation sites excluding steroid dienone is 2. The molecule has 9 nitrogen and oxygen atoms in total. The molecule has 3 aliphatic rings. The molecule has 1 aromatic heterocycles. The van der Waals surface area contributed by atoms with Crippen molar-refractivity contribution in [3.05, 3.63) is 73.7 Å². The summed E-state index contributed by atoms with van der Waals surface area (Å²) in [5, 5.41) is 24.1. The predicted octanol–water partition coefficient (Wildman–Crippen LogP) is 4.40. The summed E-state index contributed by atoms with van der Waals surface area (Å²) in [7, 11) is 0. The first-order valence-electron chi connectivity index (χ1n) is 16.0. The molecule has 4 heterocycles. The number of ether oxygens (including phenoxy) is 1. The Labute approximate surface area is 272 Å². The second kappa shape index (κ2) is 14.0. The van der Waals surface area contributed by atoms with E-state index in [0.29, 0.717) is 54.5 Å². The van der Waals surface area contributed by atoms with Crippen molar-refractivity contribution in [1.29, 1.82) is 0 Å². The van der Waals surface area contributed by atoms with Crippen molar-refractivity contribution in [1.82, 2.24) is 20.1 Å². The first kappa shape index (κ1) is 32.3. The van der Waals surface area contributed by atoms with Crippen LogP contribution in [0.4, 0.5) is 0 Å². The van der Waals surface area contributed by atoms with Crippen LogP contribution in [0.1, 0.15) is 55.9 Å². The molecule has 2 fully saturated rings. The number of carbonyl (C=O) groups is 1. The van der Waals surface area contributed by atoms with E-state index in [0.717, 1.165) is 56.7 Å². The molecule has 6 rings (SSSR count). The van der Waals surface area contributed by atoms with Crippen LogP contribution in [0.2, 0.25) is 0 Å². The summed E-state index contributed by atoms with van der Waals surface area (Å²) in [5.74, 6) is 0.762. The van der Waals surface area contributed by atoms with Gasteiger partial charge in [-0.05, 0) is 60.2 Å². The zero-order valence-corrected chi connectivity index (χ0v) is 27.7. The fraction of sp³-hybridized carbons (Fsp3) is 0.529. The largest absolute Gasteiger partial charge is 0.506 e. The third-order valence-corrected chi connectivity index (χ3v) is 11.8. The quantitative estimate of drug-likeness (QED) is 0.238. The average molecular weight is 653 g/mol. The molecular weight excluding hydrogens is 609 g/mol. The van der Waals surface area contributed by atoms with E-state index >= 15 is 0 Å². The van der Waals surface area contributed by atoms with Gasteiger partial charge in [0.25, 0.3) is 0 Å². The summed E-state index contributed by atoms with van der Waals surface area (Å²) in [4.78, 5) is 33.4. The molecule has 1 amide bonds. The number of nitrogens with one attached hydrogen (secondary N) is 2. The number of hydrogen-bond acceptors (Lipinski definition) is 9. The molecule has 4 N–H and O–H groups in total. The molecule has 11 heteroatoms. The molecule has 1 unspecified atom stereocenters.